The van der Waals surface area contributed by atoms with Crippen LogP contribution in [0.25, 0.3) is 11.2 Å². The van der Waals surface area contributed by atoms with Crippen LogP contribution >= 0.6 is 11.8 Å². The molecule has 1 N–H and O–H groups in total. The average Bonchev–Trinajstić information content (AvgIpc) is 3.02. The molecule has 7 heteroatoms. The topological polar surface area (TPSA) is 95.3 Å². The highest BCUT2D eigenvalue weighted by Crippen LogP contribution is 2.22. The first-order chi connectivity index (χ1) is 10.3. The molecular formula is C14H9N5OS. The number of fused-ring (bicyclic) bond motifs is 1. The van der Waals surface area contributed by atoms with Gasteiger partial charge < -0.3 is 4.98 Å². The van der Waals surface area contributed by atoms with E-state index in [1.807, 2.05) is 6.07 Å². The lowest BCUT2D eigenvalue weighted by molar-refractivity contribution is 0.102. The molecule has 2 aromatic heterocycles. The summed E-state index contributed by atoms with van der Waals surface area (Å²) in [6, 6.07) is 8.61. The highest BCUT2D eigenvalue weighted by molar-refractivity contribution is 8.00. The van der Waals surface area contributed by atoms with Crippen LogP contribution in [0.3, 0.4) is 0 Å². The fourth-order valence-electron chi connectivity index (χ4n) is 1.80. The molecule has 0 aliphatic carbocycles. The van der Waals surface area contributed by atoms with Crippen LogP contribution in [-0.2, 0) is 0 Å². The van der Waals surface area contributed by atoms with Crippen molar-refractivity contribution in [3.63, 3.8) is 0 Å². The van der Waals surface area contributed by atoms with E-state index in [-0.39, 0.29) is 11.5 Å². The van der Waals surface area contributed by atoms with Crippen molar-refractivity contribution in [1.29, 1.82) is 5.26 Å². The lowest BCUT2D eigenvalue weighted by Crippen LogP contribution is -2.02. The second-order valence-electron chi connectivity index (χ2n) is 4.18. The van der Waals surface area contributed by atoms with Crippen LogP contribution in [0.4, 0.5) is 0 Å². The summed E-state index contributed by atoms with van der Waals surface area (Å²) in [5, 5.41) is 9.43. The van der Waals surface area contributed by atoms with Gasteiger partial charge in [0.1, 0.15) is 16.9 Å². The van der Waals surface area contributed by atoms with E-state index < -0.39 is 0 Å². The molecule has 0 aliphatic heterocycles. The molecule has 3 rings (SSSR count). The Balaban J connectivity index is 1.73. The third kappa shape index (κ3) is 2.75. The number of aromatic nitrogens is 4. The van der Waals surface area contributed by atoms with Crippen molar-refractivity contribution >= 4 is 28.7 Å². The van der Waals surface area contributed by atoms with E-state index in [4.69, 9.17) is 5.26 Å². The third-order valence-electron chi connectivity index (χ3n) is 2.86. The summed E-state index contributed by atoms with van der Waals surface area (Å²) in [5.74, 6) is 0.243. The molecule has 1 aromatic carbocycles. The maximum atomic E-state index is 12.1. The molecule has 0 amide bonds. The first kappa shape index (κ1) is 13.3. The zero-order chi connectivity index (χ0) is 14.7. The number of nitriles is 1. The number of nitrogens with zero attached hydrogens (tertiary/aromatic N) is 4. The van der Waals surface area contributed by atoms with Crippen LogP contribution in [0.1, 0.15) is 15.9 Å². The number of thioether (sulfide) groups is 1. The molecule has 0 spiro atoms. The fraction of sp³-hybridized carbons (Fsp3) is 0.0714. The number of imidazole rings is 1. The average molecular weight is 295 g/mol. The molecule has 102 valence electrons. The minimum atomic E-state index is -0.0178. The van der Waals surface area contributed by atoms with E-state index in [0.29, 0.717) is 21.8 Å². The van der Waals surface area contributed by atoms with Gasteiger partial charge in [-0.05, 0) is 12.1 Å². The second kappa shape index (κ2) is 5.73. The van der Waals surface area contributed by atoms with Crippen LogP contribution in [0, 0.1) is 11.3 Å². The van der Waals surface area contributed by atoms with Gasteiger partial charge in [-0.25, -0.2) is 15.0 Å². The first-order valence-corrected chi connectivity index (χ1v) is 7.07. The molecule has 0 fully saturated rings. The molecule has 2 heterocycles. The number of rotatable bonds is 4. The summed E-state index contributed by atoms with van der Waals surface area (Å²) in [4.78, 5) is 27.3. The number of carbonyl (C=O) groups excluding carboxylic acids is 1. The summed E-state index contributed by atoms with van der Waals surface area (Å²) < 4.78 is 0. The van der Waals surface area contributed by atoms with Crippen molar-refractivity contribution in [3.05, 3.63) is 48.0 Å². The smallest absolute Gasteiger partial charge is 0.181 e. The molecule has 0 atom stereocenters. The molecule has 0 radical (unpaired) electrons. The van der Waals surface area contributed by atoms with Crippen molar-refractivity contribution in [3.8, 4) is 6.07 Å². The van der Waals surface area contributed by atoms with Crippen LogP contribution in [0.5, 0.6) is 0 Å². The van der Waals surface area contributed by atoms with E-state index in [9.17, 15) is 4.79 Å². The van der Waals surface area contributed by atoms with E-state index in [1.165, 1.54) is 18.1 Å². The number of Topliss-reactive ketones (excluding diaryl/α,β-unsaturated/α-hetero) is 1. The van der Waals surface area contributed by atoms with E-state index >= 15 is 0 Å². The van der Waals surface area contributed by atoms with E-state index in [0.717, 1.165) is 5.52 Å². The number of hydrogen-bond donors (Lipinski definition) is 1. The Kier molecular flexibility index (Phi) is 3.62. The monoisotopic (exact) mass is 295 g/mol. The number of ketones is 1. The molecule has 0 saturated heterocycles. The van der Waals surface area contributed by atoms with Gasteiger partial charge in [0, 0.05) is 5.56 Å². The highest BCUT2D eigenvalue weighted by Gasteiger charge is 2.11. The van der Waals surface area contributed by atoms with Gasteiger partial charge in [0.25, 0.3) is 0 Å². The molecule has 6 nitrogen and oxygen atoms in total. The number of nitrogens with one attached hydrogen (secondary N) is 1. The Bertz CT molecular complexity index is 834. The number of hydrogen-bond acceptors (Lipinski definition) is 6. The first-order valence-electron chi connectivity index (χ1n) is 6.08. The van der Waals surface area contributed by atoms with Crippen molar-refractivity contribution in [2.45, 2.75) is 5.03 Å². The summed E-state index contributed by atoms with van der Waals surface area (Å²) >= 11 is 1.33. The largest absolute Gasteiger partial charge is 0.341 e. The second-order valence-corrected chi connectivity index (χ2v) is 5.15. The summed E-state index contributed by atoms with van der Waals surface area (Å²) in [6.07, 6.45) is 2.98. The standard InChI is InChI=1S/C14H9N5OS/c15-5-9-1-3-10(4-2-9)11(20)6-21-14-12-13(17-7-16-12)18-8-19-14/h1-4,7-8H,6H2,(H,16,17,18,19). The maximum absolute atomic E-state index is 12.1. The summed E-state index contributed by atoms with van der Waals surface area (Å²) in [6.45, 7) is 0. The van der Waals surface area contributed by atoms with E-state index in [1.54, 1.807) is 30.6 Å². The minimum absolute atomic E-state index is 0.0178. The normalized spacial score (nSPS) is 10.4. The zero-order valence-corrected chi connectivity index (χ0v) is 11.6. The van der Waals surface area contributed by atoms with Crippen LogP contribution in [0.2, 0.25) is 0 Å². The maximum Gasteiger partial charge on any atom is 0.181 e. The molecule has 0 aliphatic rings. The predicted molar refractivity (Wildman–Crippen MR) is 77.9 cm³/mol. The number of H-pyrrole nitrogens is 1. The van der Waals surface area contributed by atoms with Crippen molar-refractivity contribution in [2.75, 3.05) is 5.75 Å². The fourth-order valence-corrected chi connectivity index (χ4v) is 2.65. The Labute approximate surface area is 124 Å². The Morgan fingerprint density at radius 1 is 1.24 bits per heavy atom. The molecule has 3 aromatic rings. The zero-order valence-electron chi connectivity index (χ0n) is 10.8. The lowest BCUT2D eigenvalue weighted by Gasteiger charge is -2.02. The van der Waals surface area contributed by atoms with Crippen molar-refractivity contribution in [1.82, 2.24) is 19.9 Å². The van der Waals surface area contributed by atoms with Gasteiger partial charge >= 0.3 is 0 Å². The molecule has 0 bridgehead atoms. The molecular weight excluding hydrogens is 286 g/mol. The third-order valence-corrected chi connectivity index (χ3v) is 3.85. The van der Waals surface area contributed by atoms with Gasteiger partial charge in [-0.3, -0.25) is 4.79 Å². The quantitative estimate of drug-likeness (QED) is 0.450. The predicted octanol–water partition coefficient (Wildman–Crippen LogP) is 2.20. The van der Waals surface area contributed by atoms with Gasteiger partial charge in [-0.15, -0.1) is 0 Å². The molecule has 21 heavy (non-hydrogen) atoms. The van der Waals surface area contributed by atoms with Gasteiger partial charge in [0.05, 0.1) is 23.7 Å². The van der Waals surface area contributed by atoms with Gasteiger partial charge in [-0.1, -0.05) is 23.9 Å². The van der Waals surface area contributed by atoms with Gasteiger partial charge in [0.2, 0.25) is 0 Å². The van der Waals surface area contributed by atoms with Crippen LogP contribution in [0.15, 0.2) is 41.9 Å². The summed E-state index contributed by atoms with van der Waals surface area (Å²) in [7, 11) is 0. The Morgan fingerprint density at radius 2 is 2.05 bits per heavy atom. The summed E-state index contributed by atoms with van der Waals surface area (Å²) in [5.41, 5.74) is 2.43. The highest BCUT2D eigenvalue weighted by atomic mass is 32.2. The Morgan fingerprint density at radius 3 is 2.81 bits per heavy atom. The van der Waals surface area contributed by atoms with Crippen LogP contribution < -0.4 is 0 Å². The van der Waals surface area contributed by atoms with Crippen molar-refractivity contribution < 1.29 is 4.79 Å². The van der Waals surface area contributed by atoms with Gasteiger partial charge in [-0.2, -0.15) is 5.26 Å². The van der Waals surface area contributed by atoms with E-state index in [2.05, 4.69) is 19.9 Å². The number of carbonyl (C=O) groups is 1. The minimum Gasteiger partial charge on any atom is -0.341 e. The molecule has 0 saturated carbocycles. The lowest BCUT2D eigenvalue weighted by atomic mass is 10.1. The van der Waals surface area contributed by atoms with Crippen LogP contribution in [-0.4, -0.2) is 31.5 Å². The SMILES string of the molecule is N#Cc1ccc(C(=O)CSc2ncnc3nc[nH]c23)cc1. The Hall–Kier alpha value is -2.72. The molecule has 0 unspecified atom stereocenters. The number of aromatic amines is 1. The number of benzene rings is 1. The van der Waals surface area contributed by atoms with Gasteiger partial charge in [0.15, 0.2) is 11.4 Å². The van der Waals surface area contributed by atoms with Crippen molar-refractivity contribution in [2.24, 2.45) is 0 Å².